The van der Waals surface area contributed by atoms with E-state index in [1.807, 2.05) is 0 Å². The molecule has 1 aliphatic carbocycles. The van der Waals surface area contributed by atoms with Crippen LogP contribution >= 0.6 is 0 Å². The van der Waals surface area contributed by atoms with Crippen molar-refractivity contribution < 1.29 is 9.66 Å². The number of unbranched alkanes of at least 4 members (excludes halogenated alkanes) is 2. The van der Waals surface area contributed by atoms with Crippen molar-refractivity contribution in [3.8, 4) is 5.88 Å². The van der Waals surface area contributed by atoms with Crippen LogP contribution in [0, 0.1) is 10.1 Å². The fraction of sp³-hybridized carbons (Fsp3) is 0.692. The Morgan fingerprint density at radius 1 is 1.40 bits per heavy atom. The van der Waals surface area contributed by atoms with E-state index < -0.39 is 4.92 Å². The number of aromatic nitrogens is 2. The summed E-state index contributed by atoms with van der Waals surface area (Å²) in [7, 11) is 1.40. The third kappa shape index (κ3) is 3.34. The van der Waals surface area contributed by atoms with Crippen LogP contribution in [0.2, 0.25) is 0 Å². The molecule has 1 aliphatic rings. The number of ether oxygens (including phenoxy) is 1. The first-order valence-electron chi connectivity index (χ1n) is 7.01. The van der Waals surface area contributed by atoms with Gasteiger partial charge in [0.15, 0.2) is 0 Å². The van der Waals surface area contributed by atoms with Gasteiger partial charge in [-0.25, -0.2) is 4.98 Å². The Balaban J connectivity index is 2.24. The lowest BCUT2D eigenvalue weighted by atomic mass is 10.2. The van der Waals surface area contributed by atoms with Crippen molar-refractivity contribution in [3.05, 3.63) is 15.9 Å². The van der Waals surface area contributed by atoms with Gasteiger partial charge in [-0.1, -0.05) is 19.8 Å². The third-order valence-corrected chi connectivity index (χ3v) is 3.26. The monoisotopic (exact) mass is 280 g/mol. The Bertz CT molecular complexity index is 489. The van der Waals surface area contributed by atoms with Crippen LogP contribution in [0.25, 0.3) is 0 Å². The maximum absolute atomic E-state index is 11.2. The quantitative estimate of drug-likeness (QED) is 0.447. The number of nitro groups is 1. The number of rotatable bonds is 8. The Morgan fingerprint density at radius 2 is 2.15 bits per heavy atom. The minimum absolute atomic E-state index is 0.0462. The van der Waals surface area contributed by atoms with Crippen LogP contribution in [-0.4, -0.2) is 28.5 Å². The topological polar surface area (TPSA) is 90.2 Å². The van der Waals surface area contributed by atoms with E-state index in [9.17, 15) is 10.1 Å². The van der Waals surface area contributed by atoms with Gasteiger partial charge >= 0.3 is 5.69 Å². The molecule has 0 unspecified atom stereocenters. The van der Waals surface area contributed by atoms with Crippen molar-refractivity contribution in [1.29, 1.82) is 0 Å². The van der Waals surface area contributed by atoms with E-state index >= 15 is 0 Å². The zero-order valence-corrected chi connectivity index (χ0v) is 11.9. The molecule has 1 saturated carbocycles. The average molecular weight is 280 g/mol. The van der Waals surface area contributed by atoms with Gasteiger partial charge in [0.2, 0.25) is 5.82 Å². The highest BCUT2D eigenvalue weighted by Crippen LogP contribution is 2.41. The molecule has 1 heterocycles. The predicted octanol–water partition coefficient (Wildman–Crippen LogP) is 2.87. The van der Waals surface area contributed by atoms with Crippen LogP contribution in [0.5, 0.6) is 5.88 Å². The molecule has 0 radical (unpaired) electrons. The van der Waals surface area contributed by atoms with E-state index in [0.717, 1.165) is 32.1 Å². The number of hydrogen-bond acceptors (Lipinski definition) is 6. The number of anilines is 1. The normalized spacial score (nSPS) is 14.1. The minimum Gasteiger partial charge on any atom is -0.476 e. The molecule has 7 heteroatoms. The van der Waals surface area contributed by atoms with E-state index in [1.54, 1.807) is 0 Å². The second kappa shape index (κ2) is 6.49. The van der Waals surface area contributed by atoms with Gasteiger partial charge in [0.25, 0.3) is 5.88 Å². The molecule has 0 amide bonds. The Morgan fingerprint density at radius 3 is 2.70 bits per heavy atom. The lowest BCUT2D eigenvalue weighted by Crippen LogP contribution is -2.10. The van der Waals surface area contributed by atoms with Crippen molar-refractivity contribution >= 4 is 11.5 Å². The molecule has 0 spiro atoms. The first kappa shape index (κ1) is 14.5. The maximum Gasteiger partial charge on any atom is 0.372 e. The molecular weight excluding hydrogens is 260 g/mol. The molecule has 0 saturated heterocycles. The molecule has 0 bridgehead atoms. The van der Waals surface area contributed by atoms with Gasteiger partial charge < -0.3 is 10.1 Å². The minimum atomic E-state index is -0.488. The summed E-state index contributed by atoms with van der Waals surface area (Å²) in [4.78, 5) is 19.2. The average Bonchev–Trinajstić information content (AvgIpc) is 3.26. The van der Waals surface area contributed by atoms with Gasteiger partial charge in [-0.2, -0.15) is 4.98 Å². The van der Waals surface area contributed by atoms with E-state index in [1.165, 1.54) is 7.11 Å². The number of nitrogens with one attached hydrogen (secondary N) is 1. The van der Waals surface area contributed by atoms with Gasteiger partial charge in [0.05, 0.1) is 12.0 Å². The summed E-state index contributed by atoms with van der Waals surface area (Å²) < 4.78 is 5.06. The van der Waals surface area contributed by atoms with Gasteiger partial charge in [0.1, 0.15) is 5.82 Å². The molecule has 110 valence electrons. The highest BCUT2D eigenvalue weighted by molar-refractivity contribution is 5.62. The van der Waals surface area contributed by atoms with Gasteiger partial charge in [-0.05, 0) is 19.3 Å². The van der Waals surface area contributed by atoms with Crippen molar-refractivity contribution in [2.45, 2.75) is 44.9 Å². The van der Waals surface area contributed by atoms with Crippen molar-refractivity contribution in [3.63, 3.8) is 0 Å². The summed E-state index contributed by atoms with van der Waals surface area (Å²) >= 11 is 0. The van der Waals surface area contributed by atoms with Gasteiger partial charge in [-0.15, -0.1) is 0 Å². The Hall–Kier alpha value is -1.92. The molecule has 0 atom stereocenters. The number of methoxy groups -OCH3 is 1. The van der Waals surface area contributed by atoms with Crippen molar-refractivity contribution in [2.75, 3.05) is 19.0 Å². The molecule has 1 aromatic heterocycles. The summed E-state index contributed by atoms with van der Waals surface area (Å²) in [6.07, 6.45) is 5.22. The summed E-state index contributed by atoms with van der Waals surface area (Å²) in [5.74, 6) is 1.29. The van der Waals surface area contributed by atoms with Crippen LogP contribution in [-0.2, 0) is 0 Å². The zero-order chi connectivity index (χ0) is 14.5. The summed E-state index contributed by atoms with van der Waals surface area (Å²) in [6, 6.07) is 0. The molecule has 2 rings (SSSR count). The third-order valence-electron chi connectivity index (χ3n) is 3.26. The van der Waals surface area contributed by atoms with E-state index in [-0.39, 0.29) is 17.4 Å². The molecular formula is C13H20N4O3. The number of nitrogens with zero attached hydrogens (tertiary/aromatic N) is 3. The second-order valence-corrected chi connectivity index (χ2v) is 4.95. The van der Waals surface area contributed by atoms with Gasteiger partial charge in [-0.3, -0.25) is 10.1 Å². The molecule has 7 nitrogen and oxygen atoms in total. The molecule has 1 aromatic rings. The highest BCUT2D eigenvalue weighted by Gasteiger charge is 2.32. The standard InChI is InChI=1S/C13H20N4O3/c1-3-4-5-8-14-12-10(17(18)19)13(20-2)16-11(15-12)9-6-7-9/h9H,3-8H2,1-2H3,(H,14,15,16). The lowest BCUT2D eigenvalue weighted by molar-refractivity contribution is -0.385. The highest BCUT2D eigenvalue weighted by atomic mass is 16.6. The van der Waals surface area contributed by atoms with Crippen LogP contribution in [0.3, 0.4) is 0 Å². The molecule has 0 aliphatic heterocycles. The SMILES string of the molecule is CCCCCNc1nc(C2CC2)nc(OC)c1[N+](=O)[O-]. The van der Waals surface area contributed by atoms with Crippen molar-refractivity contribution in [2.24, 2.45) is 0 Å². The Kier molecular flexibility index (Phi) is 4.70. The maximum atomic E-state index is 11.2. The number of hydrogen-bond donors (Lipinski definition) is 1. The fourth-order valence-electron chi connectivity index (χ4n) is 1.99. The first-order chi connectivity index (χ1) is 9.67. The smallest absolute Gasteiger partial charge is 0.372 e. The van der Waals surface area contributed by atoms with Crippen LogP contribution in [0.4, 0.5) is 11.5 Å². The zero-order valence-electron chi connectivity index (χ0n) is 11.9. The van der Waals surface area contributed by atoms with E-state index in [0.29, 0.717) is 18.3 Å². The molecule has 1 fully saturated rings. The van der Waals surface area contributed by atoms with Gasteiger partial charge in [0, 0.05) is 12.5 Å². The molecule has 0 aromatic carbocycles. The van der Waals surface area contributed by atoms with E-state index in [4.69, 9.17) is 4.74 Å². The van der Waals surface area contributed by atoms with Crippen molar-refractivity contribution in [1.82, 2.24) is 9.97 Å². The fourth-order valence-corrected chi connectivity index (χ4v) is 1.99. The summed E-state index contributed by atoms with van der Waals surface area (Å²) in [6.45, 7) is 2.78. The van der Waals surface area contributed by atoms with E-state index in [2.05, 4.69) is 22.2 Å². The first-order valence-corrected chi connectivity index (χ1v) is 7.01. The largest absolute Gasteiger partial charge is 0.476 e. The predicted molar refractivity (Wildman–Crippen MR) is 75.2 cm³/mol. The molecule has 20 heavy (non-hydrogen) atoms. The van der Waals surface area contributed by atoms with Crippen LogP contribution in [0.15, 0.2) is 0 Å². The molecule has 1 N–H and O–H groups in total. The van der Waals surface area contributed by atoms with Crippen LogP contribution in [0.1, 0.15) is 50.8 Å². The second-order valence-electron chi connectivity index (χ2n) is 4.95. The van der Waals surface area contributed by atoms with Crippen LogP contribution < -0.4 is 10.1 Å². The Labute approximate surface area is 117 Å². The summed E-state index contributed by atoms with van der Waals surface area (Å²) in [5.41, 5.74) is -0.173. The lowest BCUT2D eigenvalue weighted by Gasteiger charge is -2.10. The summed E-state index contributed by atoms with van der Waals surface area (Å²) in [5, 5.41) is 14.2.